The molecule has 0 radical (unpaired) electrons. The smallest absolute Gasteiger partial charge is 0.267 e. The molecule has 130 valence electrons. The molecule has 0 unspecified atom stereocenters. The fraction of sp³-hybridized carbons (Fsp3) is 0.167. The van der Waals surface area contributed by atoms with Crippen molar-refractivity contribution < 1.29 is 17.7 Å². The van der Waals surface area contributed by atoms with Crippen molar-refractivity contribution in [3.63, 3.8) is 0 Å². The lowest BCUT2D eigenvalue weighted by atomic mass is 10.1. The topological polar surface area (TPSA) is 81.4 Å². The Hall–Kier alpha value is -2.80. The first-order valence-corrected chi connectivity index (χ1v) is 9.08. The van der Waals surface area contributed by atoms with Gasteiger partial charge in [-0.2, -0.15) is 0 Å². The van der Waals surface area contributed by atoms with Crippen LogP contribution in [0.25, 0.3) is 11.1 Å². The molecule has 0 saturated heterocycles. The van der Waals surface area contributed by atoms with Gasteiger partial charge in [-0.1, -0.05) is 41.1 Å². The molecule has 0 aliphatic heterocycles. The molecule has 0 aliphatic rings. The van der Waals surface area contributed by atoms with E-state index in [9.17, 15) is 8.42 Å². The molecule has 25 heavy (non-hydrogen) atoms. The van der Waals surface area contributed by atoms with Gasteiger partial charge in [0.1, 0.15) is 10.6 Å². The van der Waals surface area contributed by atoms with Gasteiger partial charge in [-0.25, -0.2) is 13.1 Å². The van der Waals surface area contributed by atoms with Crippen molar-refractivity contribution in [2.24, 2.45) is 0 Å². The third-order valence-corrected chi connectivity index (χ3v) is 5.12. The third-order valence-electron chi connectivity index (χ3n) is 3.77. The maximum atomic E-state index is 12.8. The molecule has 6 nitrogen and oxygen atoms in total. The van der Waals surface area contributed by atoms with Gasteiger partial charge in [-0.3, -0.25) is 0 Å². The van der Waals surface area contributed by atoms with E-state index in [2.05, 4.69) is 9.88 Å². The normalized spacial score (nSPS) is 11.3. The van der Waals surface area contributed by atoms with Gasteiger partial charge >= 0.3 is 0 Å². The molecular formula is C18H18N2O4S. The standard InChI is InChI=1S/C18H18N2O4S/c1-12-4-7-14(8-5-12)15-11-19-24-18(15)20-25(21,22)17-10-13(2)6-9-16(17)23-3/h4-11,20H,1-3H3. The van der Waals surface area contributed by atoms with Crippen LogP contribution in [0.4, 0.5) is 5.88 Å². The summed E-state index contributed by atoms with van der Waals surface area (Å²) in [6.07, 6.45) is 1.48. The van der Waals surface area contributed by atoms with E-state index in [1.165, 1.54) is 13.3 Å². The van der Waals surface area contributed by atoms with Gasteiger partial charge in [0, 0.05) is 0 Å². The van der Waals surface area contributed by atoms with Gasteiger partial charge in [0.25, 0.3) is 10.0 Å². The summed E-state index contributed by atoms with van der Waals surface area (Å²) in [6, 6.07) is 12.6. The lowest BCUT2D eigenvalue weighted by molar-refractivity contribution is 0.402. The maximum absolute atomic E-state index is 12.8. The van der Waals surface area contributed by atoms with Crippen LogP contribution >= 0.6 is 0 Å². The Kier molecular flexibility index (Phi) is 4.50. The first-order chi connectivity index (χ1) is 11.9. The summed E-state index contributed by atoms with van der Waals surface area (Å²) in [6.45, 7) is 3.79. The van der Waals surface area contributed by atoms with E-state index in [1.54, 1.807) is 18.2 Å². The molecule has 0 saturated carbocycles. The summed E-state index contributed by atoms with van der Waals surface area (Å²) in [5.41, 5.74) is 3.28. The Labute approximate surface area is 146 Å². The van der Waals surface area contributed by atoms with Gasteiger partial charge in [0.15, 0.2) is 0 Å². The van der Waals surface area contributed by atoms with Gasteiger partial charge in [-0.15, -0.1) is 0 Å². The number of methoxy groups -OCH3 is 1. The number of ether oxygens (including phenoxy) is 1. The zero-order valence-electron chi connectivity index (χ0n) is 14.1. The van der Waals surface area contributed by atoms with Crippen LogP contribution in [-0.4, -0.2) is 20.7 Å². The molecule has 7 heteroatoms. The van der Waals surface area contributed by atoms with E-state index >= 15 is 0 Å². The van der Waals surface area contributed by atoms with Crippen molar-refractivity contribution >= 4 is 15.9 Å². The molecule has 0 atom stereocenters. The average molecular weight is 358 g/mol. The van der Waals surface area contributed by atoms with Gasteiger partial charge in [-0.05, 0) is 37.1 Å². The van der Waals surface area contributed by atoms with E-state index in [1.807, 2.05) is 38.1 Å². The highest BCUT2D eigenvalue weighted by molar-refractivity contribution is 7.92. The van der Waals surface area contributed by atoms with E-state index in [-0.39, 0.29) is 16.5 Å². The van der Waals surface area contributed by atoms with Crippen LogP contribution in [0.3, 0.4) is 0 Å². The summed E-state index contributed by atoms with van der Waals surface area (Å²) in [4.78, 5) is 0.0428. The Balaban J connectivity index is 1.99. The Morgan fingerprint density at radius 2 is 1.72 bits per heavy atom. The molecule has 0 bridgehead atoms. The summed E-state index contributed by atoms with van der Waals surface area (Å²) >= 11 is 0. The average Bonchev–Trinajstić information content (AvgIpc) is 3.03. The van der Waals surface area contributed by atoms with Crippen molar-refractivity contribution in [2.45, 2.75) is 18.7 Å². The van der Waals surface area contributed by atoms with Crippen LogP contribution in [0.2, 0.25) is 0 Å². The monoisotopic (exact) mass is 358 g/mol. The number of nitrogens with one attached hydrogen (secondary N) is 1. The number of anilines is 1. The predicted octanol–water partition coefficient (Wildman–Crippen LogP) is 3.77. The first kappa shape index (κ1) is 17.0. The molecule has 1 N–H and O–H groups in total. The van der Waals surface area contributed by atoms with E-state index in [0.29, 0.717) is 5.56 Å². The summed E-state index contributed by atoms with van der Waals surface area (Å²) in [7, 11) is -2.47. The SMILES string of the molecule is COc1ccc(C)cc1S(=O)(=O)Nc1oncc1-c1ccc(C)cc1. The van der Waals surface area contributed by atoms with Crippen LogP contribution < -0.4 is 9.46 Å². The number of hydrogen-bond acceptors (Lipinski definition) is 5. The molecule has 1 aromatic heterocycles. The van der Waals surface area contributed by atoms with Crippen LogP contribution in [-0.2, 0) is 10.0 Å². The zero-order chi connectivity index (χ0) is 18.0. The second-order valence-electron chi connectivity index (χ2n) is 5.69. The molecule has 1 heterocycles. The zero-order valence-corrected chi connectivity index (χ0v) is 14.9. The van der Waals surface area contributed by atoms with Crippen LogP contribution in [0.5, 0.6) is 5.75 Å². The molecule has 0 aliphatic carbocycles. The van der Waals surface area contributed by atoms with Gasteiger partial charge in [0.2, 0.25) is 5.88 Å². The Morgan fingerprint density at radius 1 is 1.04 bits per heavy atom. The fourth-order valence-electron chi connectivity index (χ4n) is 2.42. The number of aryl methyl sites for hydroxylation is 2. The largest absolute Gasteiger partial charge is 0.495 e. The number of hydrogen-bond donors (Lipinski definition) is 1. The fourth-order valence-corrected chi connectivity index (χ4v) is 3.68. The van der Waals surface area contributed by atoms with E-state index in [0.717, 1.165) is 16.7 Å². The Bertz CT molecular complexity index is 992. The molecular weight excluding hydrogens is 340 g/mol. The van der Waals surface area contributed by atoms with Crippen molar-refractivity contribution in [1.82, 2.24) is 5.16 Å². The lowest BCUT2D eigenvalue weighted by Crippen LogP contribution is -2.14. The van der Waals surface area contributed by atoms with Crippen molar-refractivity contribution in [2.75, 3.05) is 11.8 Å². The minimum atomic E-state index is -3.90. The first-order valence-electron chi connectivity index (χ1n) is 7.60. The number of sulfonamides is 1. The molecule has 0 spiro atoms. The summed E-state index contributed by atoms with van der Waals surface area (Å²) < 4.78 is 38.3. The van der Waals surface area contributed by atoms with Gasteiger partial charge in [0.05, 0.1) is 18.9 Å². The second kappa shape index (κ2) is 6.60. The lowest BCUT2D eigenvalue weighted by Gasteiger charge is -2.11. The maximum Gasteiger partial charge on any atom is 0.267 e. The molecule has 3 rings (SSSR count). The van der Waals surface area contributed by atoms with E-state index < -0.39 is 10.0 Å². The van der Waals surface area contributed by atoms with Crippen molar-refractivity contribution in [1.29, 1.82) is 0 Å². The quantitative estimate of drug-likeness (QED) is 0.751. The van der Waals surface area contributed by atoms with Crippen molar-refractivity contribution in [3.8, 4) is 16.9 Å². The molecule has 0 amide bonds. The number of rotatable bonds is 5. The molecule has 2 aromatic carbocycles. The van der Waals surface area contributed by atoms with E-state index in [4.69, 9.17) is 9.26 Å². The molecule has 3 aromatic rings. The van der Waals surface area contributed by atoms with Crippen LogP contribution in [0, 0.1) is 13.8 Å². The third kappa shape index (κ3) is 3.51. The Morgan fingerprint density at radius 3 is 2.40 bits per heavy atom. The minimum absolute atomic E-state index is 0.0428. The number of benzene rings is 2. The van der Waals surface area contributed by atoms with Crippen LogP contribution in [0.15, 0.2) is 58.1 Å². The van der Waals surface area contributed by atoms with Crippen LogP contribution in [0.1, 0.15) is 11.1 Å². The highest BCUT2D eigenvalue weighted by Gasteiger charge is 2.23. The highest BCUT2D eigenvalue weighted by Crippen LogP contribution is 2.32. The number of aromatic nitrogens is 1. The minimum Gasteiger partial charge on any atom is -0.495 e. The van der Waals surface area contributed by atoms with Gasteiger partial charge < -0.3 is 9.26 Å². The summed E-state index contributed by atoms with van der Waals surface area (Å²) in [5.74, 6) is 0.321. The second-order valence-corrected chi connectivity index (χ2v) is 7.35. The predicted molar refractivity (Wildman–Crippen MR) is 95.2 cm³/mol. The summed E-state index contributed by atoms with van der Waals surface area (Å²) in [5, 5.41) is 3.73. The van der Waals surface area contributed by atoms with Crippen molar-refractivity contribution in [3.05, 3.63) is 59.8 Å². The number of nitrogens with zero attached hydrogens (tertiary/aromatic N) is 1. The molecule has 0 fully saturated rings. The highest BCUT2D eigenvalue weighted by atomic mass is 32.2.